The van der Waals surface area contributed by atoms with Crippen molar-refractivity contribution in [2.75, 3.05) is 0 Å². The van der Waals surface area contributed by atoms with E-state index in [9.17, 15) is 4.79 Å². The van der Waals surface area contributed by atoms with Gasteiger partial charge in [-0.2, -0.15) is 4.98 Å². The molecule has 1 fully saturated rings. The normalized spacial score (nSPS) is 13.6. The summed E-state index contributed by atoms with van der Waals surface area (Å²) >= 11 is 0. The van der Waals surface area contributed by atoms with Gasteiger partial charge < -0.3 is 9.84 Å². The lowest BCUT2D eigenvalue weighted by atomic mass is 10.0. The van der Waals surface area contributed by atoms with Gasteiger partial charge in [0.1, 0.15) is 0 Å². The molecule has 0 atom stereocenters. The van der Waals surface area contributed by atoms with Crippen molar-refractivity contribution in [1.29, 1.82) is 0 Å². The summed E-state index contributed by atoms with van der Waals surface area (Å²) in [6.07, 6.45) is 5.60. The monoisotopic (exact) mass is 371 g/mol. The molecule has 28 heavy (non-hydrogen) atoms. The molecule has 1 saturated carbocycles. The van der Waals surface area contributed by atoms with Crippen LogP contribution in [-0.4, -0.2) is 26.0 Å². The van der Waals surface area contributed by atoms with Gasteiger partial charge in [-0.15, -0.1) is 0 Å². The summed E-state index contributed by atoms with van der Waals surface area (Å²) < 4.78 is 5.25. The lowest BCUT2D eigenvalue weighted by Gasteiger charge is -2.10. The summed E-state index contributed by atoms with van der Waals surface area (Å²) in [5.41, 5.74) is 2.95. The highest BCUT2D eigenvalue weighted by atomic mass is 16.5. The molecular weight excluding hydrogens is 354 g/mol. The molecule has 0 radical (unpaired) electrons. The van der Waals surface area contributed by atoms with E-state index in [2.05, 4.69) is 25.4 Å². The number of hydrogen-bond donors (Lipinski definition) is 1. The topological polar surface area (TPSA) is 93.8 Å². The van der Waals surface area contributed by atoms with Crippen molar-refractivity contribution in [3.8, 4) is 11.3 Å². The predicted octanol–water partition coefficient (Wildman–Crippen LogP) is 3.49. The molecule has 1 N–H and O–H groups in total. The highest BCUT2D eigenvalue weighted by Crippen LogP contribution is 2.38. The number of para-hydroxylation sites is 1. The Morgan fingerprint density at radius 3 is 2.75 bits per heavy atom. The molecule has 1 aliphatic rings. The Balaban J connectivity index is 1.45. The lowest BCUT2D eigenvalue weighted by Crippen LogP contribution is -2.24. The highest BCUT2D eigenvalue weighted by Gasteiger charge is 2.29. The van der Waals surface area contributed by atoms with Crippen molar-refractivity contribution in [1.82, 2.24) is 25.4 Å². The van der Waals surface area contributed by atoms with Gasteiger partial charge in [0, 0.05) is 29.3 Å². The lowest BCUT2D eigenvalue weighted by molar-refractivity contribution is 0.0951. The van der Waals surface area contributed by atoms with Gasteiger partial charge >= 0.3 is 0 Å². The van der Waals surface area contributed by atoms with Crippen molar-refractivity contribution < 1.29 is 9.32 Å². The van der Waals surface area contributed by atoms with Gasteiger partial charge in [-0.3, -0.25) is 9.78 Å². The number of carbonyl (C=O) groups is 1. The number of fused-ring (bicyclic) bond motifs is 1. The number of nitrogens with one attached hydrogen (secondary N) is 1. The molecule has 0 spiro atoms. The van der Waals surface area contributed by atoms with E-state index in [0.29, 0.717) is 23.2 Å². The quantitative estimate of drug-likeness (QED) is 0.577. The van der Waals surface area contributed by atoms with E-state index in [1.165, 1.54) is 0 Å². The molecule has 0 bridgehead atoms. The van der Waals surface area contributed by atoms with E-state index >= 15 is 0 Å². The number of hydrogen-bond acceptors (Lipinski definition) is 6. The molecule has 1 aliphatic carbocycles. The average Bonchev–Trinajstić information content (AvgIpc) is 3.50. The Labute approximate surface area is 160 Å². The molecule has 3 heterocycles. The maximum absolute atomic E-state index is 12.9. The van der Waals surface area contributed by atoms with Crippen LogP contribution in [0.5, 0.6) is 0 Å². The second kappa shape index (κ2) is 6.84. The van der Waals surface area contributed by atoms with Crippen LogP contribution in [0.25, 0.3) is 22.2 Å². The van der Waals surface area contributed by atoms with Gasteiger partial charge in [0.15, 0.2) is 5.82 Å². The van der Waals surface area contributed by atoms with Crippen LogP contribution >= 0.6 is 0 Å². The first-order valence-corrected chi connectivity index (χ1v) is 9.19. The Hall–Kier alpha value is -3.61. The molecule has 5 rings (SSSR count). The van der Waals surface area contributed by atoms with Crippen molar-refractivity contribution in [2.24, 2.45) is 0 Å². The number of carbonyl (C=O) groups excluding carboxylic acids is 1. The van der Waals surface area contributed by atoms with Gasteiger partial charge in [0.05, 0.1) is 23.3 Å². The van der Waals surface area contributed by atoms with Crippen LogP contribution in [0, 0.1) is 0 Å². The molecule has 7 nitrogen and oxygen atoms in total. The first kappa shape index (κ1) is 16.6. The third-order valence-corrected chi connectivity index (χ3v) is 4.75. The van der Waals surface area contributed by atoms with Crippen LogP contribution in [0.15, 0.2) is 59.4 Å². The summed E-state index contributed by atoms with van der Waals surface area (Å²) in [5.74, 6) is 1.34. The van der Waals surface area contributed by atoms with Crippen molar-refractivity contribution in [3.05, 3.63) is 72.1 Å². The zero-order valence-electron chi connectivity index (χ0n) is 15.0. The van der Waals surface area contributed by atoms with Crippen molar-refractivity contribution in [2.45, 2.75) is 25.3 Å². The summed E-state index contributed by atoms with van der Waals surface area (Å²) in [7, 11) is 0. The average molecular weight is 371 g/mol. The van der Waals surface area contributed by atoms with Crippen molar-refractivity contribution in [3.63, 3.8) is 0 Å². The molecule has 3 aromatic heterocycles. The minimum Gasteiger partial charge on any atom is -0.345 e. The predicted molar refractivity (Wildman–Crippen MR) is 102 cm³/mol. The molecule has 138 valence electrons. The Morgan fingerprint density at radius 2 is 1.93 bits per heavy atom. The van der Waals surface area contributed by atoms with Crippen LogP contribution in [-0.2, 0) is 6.54 Å². The first-order valence-electron chi connectivity index (χ1n) is 9.19. The van der Waals surface area contributed by atoms with Gasteiger partial charge in [0.25, 0.3) is 5.91 Å². The smallest absolute Gasteiger partial charge is 0.252 e. The number of nitrogens with zero attached hydrogens (tertiary/aromatic N) is 4. The molecule has 1 aromatic carbocycles. The van der Waals surface area contributed by atoms with Crippen molar-refractivity contribution >= 4 is 16.8 Å². The number of aromatic nitrogens is 4. The Kier molecular flexibility index (Phi) is 4.05. The molecular formula is C21H17N5O2. The van der Waals surface area contributed by atoms with Crippen LogP contribution in [0.4, 0.5) is 0 Å². The minimum absolute atomic E-state index is 0.202. The fourth-order valence-electron chi connectivity index (χ4n) is 3.12. The van der Waals surface area contributed by atoms with Gasteiger partial charge in [0.2, 0.25) is 5.89 Å². The maximum Gasteiger partial charge on any atom is 0.252 e. The molecule has 0 unspecified atom stereocenters. The van der Waals surface area contributed by atoms with E-state index in [1.807, 2.05) is 36.4 Å². The van der Waals surface area contributed by atoms with Crippen LogP contribution in [0.1, 0.15) is 40.8 Å². The fraction of sp³-hybridized carbons (Fsp3) is 0.190. The third kappa shape index (κ3) is 3.22. The molecule has 0 aliphatic heterocycles. The van der Waals surface area contributed by atoms with Crippen LogP contribution in [0.3, 0.4) is 0 Å². The standard InChI is InChI=1S/C21H17N5O2/c27-20(23-12-19-25-21(28-26-19)14-5-6-14)16-11-18(13-7-9-22-10-8-13)24-17-4-2-1-3-15(16)17/h1-4,7-11,14H,5-6,12H2,(H,23,27). The second-order valence-electron chi connectivity index (χ2n) is 6.81. The van der Waals surface area contributed by atoms with E-state index in [-0.39, 0.29) is 12.5 Å². The van der Waals surface area contributed by atoms with E-state index < -0.39 is 0 Å². The van der Waals surface area contributed by atoms with Gasteiger partial charge in [-0.05, 0) is 37.1 Å². The van der Waals surface area contributed by atoms with E-state index in [1.54, 1.807) is 18.5 Å². The first-order chi connectivity index (χ1) is 13.8. The summed E-state index contributed by atoms with van der Waals surface area (Å²) in [5, 5.41) is 7.64. The minimum atomic E-state index is -0.202. The second-order valence-corrected chi connectivity index (χ2v) is 6.81. The Morgan fingerprint density at radius 1 is 1.11 bits per heavy atom. The van der Waals surface area contributed by atoms with Gasteiger partial charge in [-0.1, -0.05) is 23.4 Å². The summed E-state index contributed by atoms with van der Waals surface area (Å²) in [4.78, 5) is 26.0. The summed E-state index contributed by atoms with van der Waals surface area (Å²) in [6.45, 7) is 0.219. The molecule has 0 saturated heterocycles. The molecule has 7 heteroatoms. The maximum atomic E-state index is 12.9. The third-order valence-electron chi connectivity index (χ3n) is 4.75. The number of benzene rings is 1. The van der Waals surface area contributed by atoms with E-state index in [0.717, 1.165) is 35.0 Å². The SMILES string of the molecule is O=C(NCc1noc(C2CC2)n1)c1cc(-c2ccncc2)nc2ccccc12. The largest absolute Gasteiger partial charge is 0.345 e. The number of rotatable bonds is 5. The highest BCUT2D eigenvalue weighted by molar-refractivity contribution is 6.07. The van der Waals surface area contributed by atoms with E-state index in [4.69, 9.17) is 4.52 Å². The Bertz CT molecular complexity index is 1150. The zero-order valence-corrected chi connectivity index (χ0v) is 15.0. The fourth-order valence-corrected chi connectivity index (χ4v) is 3.12. The molecule has 1 amide bonds. The number of amides is 1. The van der Waals surface area contributed by atoms with Crippen LogP contribution in [0.2, 0.25) is 0 Å². The molecule has 4 aromatic rings. The van der Waals surface area contributed by atoms with Gasteiger partial charge in [-0.25, -0.2) is 4.98 Å². The van der Waals surface area contributed by atoms with Crippen LogP contribution < -0.4 is 5.32 Å². The number of pyridine rings is 2. The summed E-state index contributed by atoms with van der Waals surface area (Å²) in [6, 6.07) is 13.2. The zero-order chi connectivity index (χ0) is 18.9.